The third kappa shape index (κ3) is 4.60. The van der Waals surface area contributed by atoms with E-state index in [1.165, 1.54) is 22.0 Å². The molecule has 1 saturated heterocycles. The summed E-state index contributed by atoms with van der Waals surface area (Å²) < 4.78 is 32.2. The number of carbonyl (C=O) groups is 1. The van der Waals surface area contributed by atoms with Crippen LogP contribution in [0.3, 0.4) is 0 Å². The van der Waals surface area contributed by atoms with Gasteiger partial charge in [-0.2, -0.15) is 4.31 Å². The van der Waals surface area contributed by atoms with Crippen molar-refractivity contribution in [3.8, 4) is 0 Å². The Morgan fingerprint density at radius 1 is 1.14 bits per heavy atom. The second-order valence-electron chi connectivity index (χ2n) is 6.83. The first kappa shape index (κ1) is 20.5. The highest BCUT2D eigenvalue weighted by atomic mass is 32.2. The summed E-state index contributed by atoms with van der Waals surface area (Å²) in [6.45, 7) is 5.42. The fourth-order valence-corrected chi connectivity index (χ4v) is 4.59. The van der Waals surface area contributed by atoms with Crippen LogP contribution in [0.4, 0.5) is 0 Å². The highest BCUT2D eigenvalue weighted by molar-refractivity contribution is 7.89. The Bertz CT molecular complexity index is 920. The lowest BCUT2D eigenvalue weighted by atomic mass is 10.0. The molecule has 0 bridgehead atoms. The Hall–Kier alpha value is -2.22. The van der Waals surface area contributed by atoms with E-state index in [2.05, 4.69) is 12.2 Å². The van der Waals surface area contributed by atoms with Gasteiger partial charge in [0.05, 0.1) is 24.2 Å². The molecule has 7 heteroatoms. The van der Waals surface area contributed by atoms with Crippen molar-refractivity contribution in [2.24, 2.45) is 0 Å². The number of nitrogens with one attached hydrogen (secondary N) is 1. The second kappa shape index (κ2) is 8.86. The van der Waals surface area contributed by atoms with E-state index in [9.17, 15) is 13.2 Å². The van der Waals surface area contributed by atoms with Crippen molar-refractivity contribution in [3.63, 3.8) is 0 Å². The van der Waals surface area contributed by atoms with Gasteiger partial charge in [0.1, 0.15) is 0 Å². The lowest BCUT2D eigenvalue weighted by Crippen LogP contribution is -2.40. The number of carbonyl (C=O) groups excluding carboxylic acids is 1. The zero-order valence-corrected chi connectivity index (χ0v) is 17.0. The minimum atomic E-state index is -3.63. The van der Waals surface area contributed by atoms with Gasteiger partial charge in [0.15, 0.2) is 0 Å². The molecule has 1 N–H and O–H groups in total. The van der Waals surface area contributed by atoms with Crippen molar-refractivity contribution in [3.05, 3.63) is 65.2 Å². The molecule has 6 nitrogen and oxygen atoms in total. The molecule has 2 aromatic carbocycles. The van der Waals surface area contributed by atoms with Crippen LogP contribution in [-0.4, -0.2) is 44.9 Å². The Morgan fingerprint density at radius 3 is 2.46 bits per heavy atom. The number of hydrogen-bond acceptors (Lipinski definition) is 4. The van der Waals surface area contributed by atoms with E-state index in [-0.39, 0.29) is 16.8 Å². The largest absolute Gasteiger partial charge is 0.379 e. The van der Waals surface area contributed by atoms with Crippen LogP contribution in [0.2, 0.25) is 0 Å². The van der Waals surface area contributed by atoms with E-state index in [4.69, 9.17) is 4.74 Å². The van der Waals surface area contributed by atoms with Crippen LogP contribution in [0, 0.1) is 0 Å². The van der Waals surface area contributed by atoms with Crippen LogP contribution >= 0.6 is 0 Å². The molecule has 1 amide bonds. The zero-order valence-electron chi connectivity index (χ0n) is 16.2. The van der Waals surface area contributed by atoms with Crippen molar-refractivity contribution < 1.29 is 17.9 Å². The molecule has 1 atom stereocenters. The van der Waals surface area contributed by atoms with Gasteiger partial charge in [-0.05, 0) is 42.7 Å². The van der Waals surface area contributed by atoms with E-state index in [1.54, 1.807) is 12.1 Å². The van der Waals surface area contributed by atoms with E-state index in [0.29, 0.717) is 31.9 Å². The highest BCUT2D eigenvalue weighted by Gasteiger charge is 2.27. The summed E-state index contributed by atoms with van der Waals surface area (Å²) in [6.07, 6.45) is 0.964. The van der Waals surface area contributed by atoms with Gasteiger partial charge in [-0.3, -0.25) is 4.79 Å². The normalized spacial score (nSPS) is 16.5. The number of rotatable bonds is 6. The van der Waals surface area contributed by atoms with Crippen LogP contribution in [0.25, 0.3) is 0 Å². The van der Waals surface area contributed by atoms with Gasteiger partial charge in [0, 0.05) is 18.7 Å². The van der Waals surface area contributed by atoms with Crippen LogP contribution in [0.15, 0.2) is 53.4 Å². The summed E-state index contributed by atoms with van der Waals surface area (Å²) in [4.78, 5) is 12.8. The SMILES string of the molecule is CCc1ccc([C@@H](C)NC(=O)c2cccc(S(=O)(=O)N3CCOCC3)c2)cc1. The Morgan fingerprint density at radius 2 is 1.82 bits per heavy atom. The maximum absolute atomic E-state index is 12.8. The quantitative estimate of drug-likeness (QED) is 0.806. The van der Waals surface area contributed by atoms with Gasteiger partial charge < -0.3 is 10.1 Å². The molecule has 0 aliphatic carbocycles. The van der Waals surface area contributed by atoms with Gasteiger partial charge in [0.25, 0.3) is 5.91 Å². The van der Waals surface area contributed by atoms with Gasteiger partial charge in [-0.25, -0.2) is 8.42 Å². The maximum atomic E-state index is 12.8. The van der Waals surface area contributed by atoms with Gasteiger partial charge in [-0.15, -0.1) is 0 Å². The molecule has 1 heterocycles. The summed E-state index contributed by atoms with van der Waals surface area (Å²) in [5.41, 5.74) is 2.57. The average molecular weight is 403 g/mol. The fraction of sp³-hybridized carbons (Fsp3) is 0.381. The monoisotopic (exact) mass is 402 g/mol. The predicted octanol–water partition coefficient (Wildman–Crippen LogP) is 2.76. The number of aryl methyl sites for hydroxylation is 1. The number of amides is 1. The molecule has 0 unspecified atom stereocenters. The lowest BCUT2D eigenvalue weighted by Gasteiger charge is -2.26. The van der Waals surface area contributed by atoms with Crippen molar-refractivity contribution in [1.82, 2.24) is 9.62 Å². The predicted molar refractivity (Wildman–Crippen MR) is 108 cm³/mol. The molecular weight excluding hydrogens is 376 g/mol. The second-order valence-corrected chi connectivity index (χ2v) is 8.77. The van der Waals surface area contributed by atoms with E-state index >= 15 is 0 Å². The summed E-state index contributed by atoms with van der Waals surface area (Å²) in [5.74, 6) is -0.300. The summed E-state index contributed by atoms with van der Waals surface area (Å²) in [5, 5.41) is 2.94. The molecule has 28 heavy (non-hydrogen) atoms. The number of ether oxygens (including phenoxy) is 1. The highest BCUT2D eigenvalue weighted by Crippen LogP contribution is 2.19. The standard InChI is InChI=1S/C21H26N2O4S/c1-3-17-7-9-18(10-8-17)16(2)22-21(24)19-5-4-6-20(15-19)28(25,26)23-11-13-27-14-12-23/h4-10,15-16H,3,11-14H2,1-2H3,(H,22,24)/t16-/m1/s1. The zero-order chi connectivity index (χ0) is 20.1. The number of benzene rings is 2. The van der Waals surface area contributed by atoms with Crippen molar-refractivity contribution in [1.29, 1.82) is 0 Å². The third-order valence-corrected chi connectivity index (χ3v) is 6.83. The molecular formula is C21H26N2O4S. The first-order valence-corrected chi connectivity index (χ1v) is 10.9. The number of hydrogen-bond donors (Lipinski definition) is 1. The van der Waals surface area contributed by atoms with Crippen LogP contribution < -0.4 is 5.32 Å². The third-order valence-electron chi connectivity index (χ3n) is 4.94. The topological polar surface area (TPSA) is 75.7 Å². The molecule has 1 aliphatic rings. The summed E-state index contributed by atoms with van der Waals surface area (Å²) in [6, 6.07) is 14.1. The van der Waals surface area contributed by atoms with Crippen molar-refractivity contribution >= 4 is 15.9 Å². The van der Waals surface area contributed by atoms with E-state index in [0.717, 1.165) is 12.0 Å². The smallest absolute Gasteiger partial charge is 0.251 e. The van der Waals surface area contributed by atoms with Crippen LogP contribution in [0.1, 0.15) is 41.4 Å². The van der Waals surface area contributed by atoms with E-state index in [1.807, 2.05) is 31.2 Å². The molecule has 0 spiro atoms. The summed E-state index contributed by atoms with van der Waals surface area (Å²) >= 11 is 0. The average Bonchev–Trinajstić information content (AvgIpc) is 2.74. The van der Waals surface area contributed by atoms with E-state index < -0.39 is 10.0 Å². The lowest BCUT2D eigenvalue weighted by molar-refractivity contribution is 0.0730. The first-order valence-electron chi connectivity index (χ1n) is 9.49. The molecule has 3 rings (SSSR count). The Balaban J connectivity index is 1.74. The number of sulfonamides is 1. The van der Waals surface area contributed by atoms with Gasteiger partial charge in [-0.1, -0.05) is 37.3 Å². The molecule has 0 radical (unpaired) electrons. The molecule has 1 fully saturated rings. The molecule has 2 aromatic rings. The van der Waals surface area contributed by atoms with Gasteiger partial charge >= 0.3 is 0 Å². The van der Waals surface area contributed by atoms with Crippen LogP contribution in [0.5, 0.6) is 0 Å². The summed E-state index contributed by atoms with van der Waals surface area (Å²) in [7, 11) is -3.63. The number of nitrogens with zero attached hydrogens (tertiary/aromatic N) is 1. The fourth-order valence-electron chi connectivity index (χ4n) is 3.14. The van der Waals surface area contributed by atoms with Crippen molar-refractivity contribution in [2.45, 2.75) is 31.2 Å². The molecule has 1 aliphatic heterocycles. The van der Waals surface area contributed by atoms with Crippen LogP contribution in [-0.2, 0) is 21.2 Å². The number of morpholine rings is 1. The minimum absolute atomic E-state index is 0.127. The first-order chi connectivity index (χ1) is 13.4. The molecule has 0 saturated carbocycles. The Kier molecular flexibility index (Phi) is 6.49. The van der Waals surface area contributed by atoms with Crippen molar-refractivity contribution in [2.75, 3.05) is 26.3 Å². The molecule has 0 aromatic heterocycles. The Labute approximate surface area is 166 Å². The van der Waals surface area contributed by atoms with Gasteiger partial charge in [0.2, 0.25) is 10.0 Å². The minimum Gasteiger partial charge on any atom is -0.379 e. The molecule has 150 valence electrons. The maximum Gasteiger partial charge on any atom is 0.251 e.